The summed E-state index contributed by atoms with van der Waals surface area (Å²) in [6, 6.07) is 17.6. The predicted octanol–water partition coefficient (Wildman–Crippen LogP) is 4.65. The van der Waals surface area contributed by atoms with Gasteiger partial charge < -0.3 is 9.26 Å². The summed E-state index contributed by atoms with van der Waals surface area (Å²) in [5, 5.41) is 7.28. The lowest BCUT2D eigenvalue weighted by molar-refractivity contribution is -0.119. The van der Waals surface area contributed by atoms with Crippen molar-refractivity contribution >= 4 is 40.3 Å². The number of pyridine rings is 1. The van der Waals surface area contributed by atoms with E-state index in [1.54, 1.807) is 43.3 Å². The topological polar surface area (TPSA) is 94.3 Å². The number of aromatic nitrogens is 2. The Hall–Kier alpha value is -3.71. The zero-order valence-corrected chi connectivity index (χ0v) is 16.6. The van der Waals surface area contributed by atoms with Gasteiger partial charge in [-0.15, -0.1) is 0 Å². The molecule has 1 N–H and O–H groups in total. The Labute approximate surface area is 176 Å². The average molecular weight is 422 g/mol. The highest BCUT2D eigenvalue weighted by Crippen LogP contribution is 2.30. The Morgan fingerprint density at radius 3 is 2.63 bits per heavy atom. The molecule has 30 heavy (non-hydrogen) atoms. The van der Waals surface area contributed by atoms with Gasteiger partial charge in [0.25, 0.3) is 5.91 Å². The SMILES string of the molecule is Cc1cc(NC(=O)COC(=O)c2cc(-c3ccccc3Cl)nc3ccccc23)on1. The molecular formula is C22H16ClN3O4. The molecule has 0 radical (unpaired) electrons. The fraction of sp³-hybridized carbons (Fsp3) is 0.0909. The molecule has 4 aromatic rings. The second-order valence-electron chi connectivity index (χ2n) is 6.51. The van der Waals surface area contributed by atoms with Crippen molar-refractivity contribution in [1.29, 1.82) is 0 Å². The zero-order valence-electron chi connectivity index (χ0n) is 15.9. The monoisotopic (exact) mass is 421 g/mol. The van der Waals surface area contributed by atoms with Crippen LogP contribution in [0.2, 0.25) is 5.02 Å². The van der Waals surface area contributed by atoms with Crippen molar-refractivity contribution in [3.8, 4) is 11.3 Å². The largest absolute Gasteiger partial charge is 0.452 e. The van der Waals surface area contributed by atoms with Crippen molar-refractivity contribution in [1.82, 2.24) is 10.1 Å². The Kier molecular flexibility index (Phi) is 5.45. The van der Waals surface area contributed by atoms with Crippen LogP contribution in [0, 0.1) is 6.92 Å². The van der Waals surface area contributed by atoms with Crippen molar-refractivity contribution in [3.05, 3.63) is 76.9 Å². The molecule has 0 fully saturated rings. The van der Waals surface area contributed by atoms with E-state index < -0.39 is 18.5 Å². The normalized spacial score (nSPS) is 10.7. The van der Waals surface area contributed by atoms with E-state index in [4.69, 9.17) is 20.9 Å². The molecule has 0 bridgehead atoms. The molecule has 150 valence electrons. The first-order valence-electron chi connectivity index (χ1n) is 9.06. The number of carbonyl (C=O) groups is 2. The van der Waals surface area contributed by atoms with E-state index in [2.05, 4.69) is 15.5 Å². The standard InChI is InChI=1S/C22H16ClN3O4/c1-13-10-21(30-26-13)25-20(27)12-29-22(28)16-11-19(15-7-2-4-8-17(15)23)24-18-9-5-3-6-14(16)18/h2-11H,12H2,1H3,(H,25,27). The van der Waals surface area contributed by atoms with Gasteiger partial charge in [0.2, 0.25) is 5.88 Å². The highest BCUT2D eigenvalue weighted by Gasteiger charge is 2.18. The van der Waals surface area contributed by atoms with Crippen LogP contribution in [-0.2, 0) is 9.53 Å². The number of hydrogen-bond donors (Lipinski definition) is 1. The van der Waals surface area contributed by atoms with Gasteiger partial charge in [-0.2, -0.15) is 0 Å². The first-order valence-corrected chi connectivity index (χ1v) is 9.44. The molecule has 0 aliphatic rings. The Balaban J connectivity index is 1.60. The van der Waals surface area contributed by atoms with Crippen LogP contribution in [0.3, 0.4) is 0 Å². The van der Waals surface area contributed by atoms with Crippen LogP contribution in [0.5, 0.6) is 0 Å². The number of para-hydroxylation sites is 1. The van der Waals surface area contributed by atoms with E-state index in [1.807, 2.05) is 24.3 Å². The Bertz CT molecular complexity index is 1250. The number of aryl methyl sites for hydroxylation is 1. The molecule has 0 spiro atoms. The van der Waals surface area contributed by atoms with Crippen LogP contribution >= 0.6 is 11.6 Å². The minimum atomic E-state index is -0.647. The highest BCUT2D eigenvalue weighted by molar-refractivity contribution is 6.33. The van der Waals surface area contributed by atoms with Crippen molar-refractivity contribution in [2.75, 3.05) is 11.9 Å². The number of nitrogens with one attached hydrogen (secondary N) is 1. The first kappa shape index (κ1) is 19.6. The van der Waals surface area contributed by atoms with Crippen LogP contribution in [0.1, 0.15) is 16.1 Å². The molecule has 2 aromatic carbocycles. The molecule has 4 rings (SSSR count). The molecule has 0 aliphatic heterocycles. The minimum Gasteiger partial charge on any atom is -0.452 e. The third kappa shape index (κ3) is 4.16. The number of fused-ring (bicyclic) bond motifs is 1. The van der Waals surface area contributed by atoms with E-state index in [9.17, 15) is 9.59 Å². The van der Waals surface area contributed by atoms with Crippen LogP contribution in [0.25, 0.3) is 22.2 Å². The van der Waals surface area contributed by atoms with Gasteiger partial charge in [-0.05, 0) is 25.1 Å². The van der Waals surface area contributed by atoms with Crippen molar-refractivity contribution in [2.24, 2.45) is 0 Å². The van der Waals surface area contributed by atoms with Crippen molar-refractivity contribution in [2.45, 2.75) is 6.92 Å². The quantitative estimate of drug-likeness (QED) is 0.471. The molecule has 7 nitrogen and oxygen atoms in total. The van der Waals surface area contributed by atoms with Crippen LogP contribution in [0.4, 0.5) is 5.88 Å². The van der Waals surface area contributed by atoms with Gasteiger partial charge in [-0.3, -0.25) is 10.1 Å². The number of benzene rings is 2. The number of carbonyl (C=O) groups excluding carboxylic acids is 2. The molecular weight excluding hydrogens is 406 g/mol. The van der Waals surface area contributed by atoms with Crippen molar-refractivity contribution < 1.29 is 18.8 Å². The lowest BCUT2D eigenvalue weighted by Gasteiger charge is -2.10. The summed E-state index contributed by atoms with van der Waals surface area (Å²) >= 11 is 6.30. The lowest BCUT2D eigenvalue weighted by Crippen LogP contribution is -2.21. The summed E-state index contributed by atoms with van der Waals surface area (Å²) in [5.74, 6) is -1.00. The van der Waals surface area contributed by atoms with E-state index >= 15 is 0 Å². The highest BCUT2D eigenvalue weighted by atomic mass is 35.5. The second kappa shape index (κ2) is 8.34. The Morgan fingerprint density at radius 2 is 1.87 bits per heavy atom. The smallest absolute Gasteiger partial charge is 0.339 e. The zero-order chi connectivity index (χ0) is 21.1. The van der Waals surface area contributed by atoms with E-state index in [0.717, 1.165) is 0 Å². The summed E-state index contributed by atoms with van der Waals surface area (Å²) < 4.78 is 10.1. The van der Waals surface area contributed by atoms with E-state index in [-0.39, 0.29) is 5.88 Å². The van der Waals surface area contributed by atoms with Gasteiger partial charge in [-0.1, -0.05) is 53.2 Å². The van der Waals surface area contributed by atoms with Gasteiger partial charge >= 0.3 is 5.97 Å². The van der Waals surface area contributed by atoms with Crippen LogP contribution in [-0.4, -0.2) is 28.6 Å². The third-order valence-electron chi connectivity index (χ3n) is 4.31. The number of hydrogen-bond acceptors (Lipinski definition) is 6. The summed E-state index contributed by atoms with van der Waals surface area (Å²) in [6.45, 7) is 1.25. The molecule has 8 heteroatoms. The van der Waals surface area contributed by atoms with Gasteiger partial charge in [0.1, 0.15) is 0 Å². The molecule has 0 saturated heterocycles. The summed E-state index contributed by atoms with van der Waals surface area (Å²) in [5.41, 5.74) is 2.75. The summed E-state index contributed by atoms with van der Waals surface area (Å²) in [4.78, 5) is 29.4. The predicted molar refractivity (Wildman–Crippen MR) is 112 cm³/mol. The number of nitrogens with zero attached hydrogens (tertiary/aromatic N) is 2. The summed E-state index contributed by atoms with van der Waals surface area (Å²) in [7, 11) is 0. The fourth-order valence-corrected chi connectivity index (χ4v) is 3.19. The van der Waals surface area contributed by atoms with Gasteiger partial charge in [0.15, 0.2) is 6.61 Å². The first-order chi connectivity index (χ1) is 14.5. The maximum atomic E-state index is 12.8. The molecule has 2 aromatic heterocycles. The van der Waals surface area contributed by atoms with Gasteiger partial charge in [0, 0.05) is 22.0 Å². The van der Waals surface area contributed by atoms with Gasteiger partial charge in [-0.25, -0.2) is 9.78 Å². The second-order valence-corrected chi connectivity index (χ2v) is 6.92. The number of ether oxygens (including phenoxy) is 1. The van der Waals surface area contributed by atoms with Gasteiger partial charge in [0.05, 0.1) is 22.5 Å². The third-order valence-corrected chi connectivity index (χ3v) is 4.64. The lowest BCUT2D eigenvalue weighted by atomic mass is 10.0. The van der Waals surface area contributed by atoms with Crippen LogP contribution in [0.15, 0.2) is 65.2 Å². The molecule has 1 amide bonds. The molecule has 0 atom stereocenters. The van der Waals surface area contributed by atoms with E-state index in [0.29, 0.717) is 38.4 Å². The molecule has 0 unspecified atom stereocenters. The average Bonchev–Trinajstić information content (AvgIpc) is 3.16. The molecule has 2 heterocycles. The number of anilines is 1. The number of esters is 1. The van der Waals surface area contributed by atoms with Crippen molar-refractivity contribution in [3.63, 3.8) is 0 Å². The number of halogens is 1. The summed E-state index contributed by atoms with van der Waals surface area (Å²) in [6.07, 6.45) is 0. The minimum absolute atomic E-state index is 0.184. The number of rotatable bonds is 5. The number of amides is 1. The van der Waals surface area contributed by atoms with Crippen LogP contribution < -0.4 is 5.32 Å². The Morgan fingerprint density at radius 1 is 1.10 bits per heavy atom. The molecule has 0 aliphatic carbocycles. The maximum absolute atomic E-state index is 12.8. The maximum Gasteiger partial charge on any atom is 0.339 e. The van der Waals surface area contributed by atoms with E-state index in [1.165, 1.54) is 0 Å². The molecule has 0 saturated carbocycles. The fourth-order valence-electron chi connectivity index (χ4n) is 2.96.